The van der Waals surface area contributed by atoms with E-state index in [-0.39, 0.29) is 5.75 Å². The van der Waals surface area contributed by atoms with Crippen molar-refractivity contribution in [3.05, 3.63) is 52.8 Å². The van der Waals surface area contributed by atoms with Crippen molar-refractivity contribution in [2.75, 3.05) is 13.7 Å². The van der Waals surface area contributed by atoms with Crippen molar-refractivity contribution in [3.8, 4) is 28.6 Å². The lowest BCUT2D eigenvalue weighted by Crippen LogP contribution is -1.96. The van der Waals surface area contributed by atoms with Crippen LogP contribution < -0.4 is 9.47 Å². The second-order valence-electron chi connectivity index (χ2n) is 5.30. The number of aromatic hydroxyl groups is 1. The Balaban J connectivity index is 1.96. The van der Waals surface area contributed by atoms with E-state index in [1.807, 2.05) is 31.2 Å². The average Bonchev–Trinajstić information content (AvgIpc) is 3.03. The molecule has 0 amide bonds. The fourth-order valence-corrected chi connectivity index (χ4v) is 2.53. The molecule has 0 aliphatic carbocycles. The van der Waals surface area contributed by atoms with Gasteiger partial charge < -0.3 is 14.6 Å². The van der Waals surface area contributed by atoms with Gasteiger partial charge in [0.15, 0.2) is 17.3 Å². The van der Waals surface area contributed by atoms with Gasteiger partial charge in [-0.2, -0.15) is 14.9 Å². The first kappa shape index (κ1) is 17.7. The molecule has 0 atom stereocenters. The van der Waals surface area contributed by atoms with E-state index >= 15 is 0 Å². The zero-order valence-electron chi connectivity index (χ0n) is 14.3. The molecule has 8 heteroatoms. The lowest BCUT2D eigenvalue weighted by molar-refractivity contribution is 0.318. The van der Waals surface area contributed by atoms with Crippen LogP contribution >= 0.6 is 12.2 Å². The largest absolute Gasteiger partial charge is 0.504 e. The number of H-pyrrole nitrogens is 1. The van der Waals surface area contributed by atoms with Gasteiger partial charge in [-0.05, 0) is 55.0 Å². The number of aromatic nitrogens is 3. The Morgan fingerprint density at radius 1 is 1.31 bits per heavy atom. The van der Waals surface area contributed by atoms with Gasteiger partial charge in [0.25, 0.3) is 0 Å². The minimum Gasteiger partial charge on any atom is -0.504 e. The minimum atomic E-state index is 0.0843. The highest BCUT2D eigenvalue weighted by molar-refractivity contribution is 7.71. The normalized spacial score (nSPS) is 11.0. The lowest BCUT2D eigenvalue weighted by atomic mass is 10.2. The molecule has 1 aromatic heterocycles. The fraction of sp³-hybridized carbons (Fsp3) is 0.167. The molecule has 1 heterocycles. The molecule has 26 heavy (non-hydrogen) atoms. The van der Waals surface area contributed by atoms with E-state index in [1.165, 1.54) is 4.68 Å². The van der Waals surface area contributed by atoms with Gasteiger partial charge in [0.2, 0.25) is 4.77 Å². The first-order valence-electron chi connectivity index (χ1n) is 7.94. The first-order valence-corrected chi connectivity index (χ1v) is 8.35. The molecule has 0 spiro atoms. The number of phenolic OH excluding ortho intramolecular Hbond substituents is 1. The summed E-state index contributed by atoms with van der Waals surface area (Å²) in [5.74, 6) is 1.77. The molecule has 2 aromatic carbocycles. The molecule has 0 bridgehead atoms. The fourth-order valence-electron chi connectivity index (χ4n) is 2.35. The second kappa shape index (κ2) is 7.83. The molecule has 2 N–H and O–H groups in total. The van der Waals surface area contributed by atoms with E-state index < -0.39 is 0 Å². The molecule has 0 radical (unpaired) electrons. The molecular formula is C18H18N4O3S. The Hall–Kier alpha value is -3.13. The highest BCUT2D eigenvalue weighted by atomic mass is 32.1. The van der Waals surface area contributed by atoms with Crippen LogP contribution in [0.25, 0.3) is 11.4 Å². The van der Waals surface area contributed by atoms with E-state index in [0.29, 0.717) is 28.7 Å². The number of hydrogen-bond donors (Lipinski definition) is 2. The summed E-state index contributed by atoms with van der Waals surface area (Å²) in [5, 5.41) is 21.2. The lowest BCUT2D eigenvalue weighted by Gasteiger charge is -2.06. The standard InChI is InChI=1S/C18H18N4O3S/c1-3-25-16-9-12(7-8-15(16)23)11-19-22-17(20-21-18(22)26)13-5-4-6-14(10-13)24-2/h4-11,23H,3H2,1-2H3,(H,21,26)/b19-11-. The van der Waals surface area contributed by atoms with Crippen LogP contribution in [0.2, 0.25) is 0 Å². The zero-order chi connectivity index (χ0) is 18.5. The highest BCUT2D eigenvalue weighted by Gasteiger charge is 2.09. The number of nitrogens with one attached hydrogen (secondary N) is 1. The maximum atomic E-state index is 9.79. The van der Waals surface area contributed by atoms with E-state index in [1.54, 1.807) is 31.5 Å². The molecule has 3 rings (SSSR count). The Morgan fingerprint density at radius 2 is 2.15 bits per heavy atom. The van der Waals surface area contributed by atoms with Crippen LogP contribution in [-0.4, -0.2) is 39.9 Å². The second-order valence-corrected chi connectivity index (χ2v) is 5.69. The van der Waals surface area contributed by atoms with Crippen LogP contribution in [0.3, 0.4) is 0 Å². The van der Waals surface area contributed by atoms with Gasteiger partial charge in [-0.15, -0.1) is 0 Å². The van der Waals surface area contributed by atoms with Crippen LogP contribution in [-0.2, 0) is 0 Å². The van der Waals surface area contributed by atoms with Crippen molar-refractivity contribution in [3.63, 3.8) is 0 Å². The number of benzene rings is 2. The van der Waals surface area contributed by atoms with Crippen molar-refractivity contribution >= 4 is 18.4 Å². The average molecular weight is 370 g/mol. The molecule has 0 aliphatic heterocycles. The third-order valence-electron chi connectivity index (χ3n) is 3.58. The van der Waals surface area contributed by atoms with Gasteiger partial charge in [-0.25, -0.2) is 5.10 Å². The van der Waals surface area contributed by atoms with Crippen molar-refractivity contribution in [2.24, 2.45) is 5.10 Å². The van der Waals surface area contributed by atoms with Gasteiger partial charge in [-0.1, -0.05) is 12.1 Å². The van der Waals surface area contributed by atoms with Gasteiger partial charge in [0.1, 0.15) is 5.75 Å². The Morgan fingerprint density at radius 3 is 2.92 bits per heavy atom. The summed E-state index contributed by atoms with van der Waals surface area (Å²) in [6, 6.07) is 12.5. The number of phenols is 1. The van der Waals surface area contributed by atoms with E-state index in [0.717, 1.165) is 11.1 Å². The minimum absolute atomic E-state index is 0.0843. The van der Waals surface area contributed by atoms with Crippen molar-refractivity contribution < 1.29 is 14.6 Å². The molecule has 0 unspecified atom stereocenters. The Labute approximate surface area is 155 Å². The third kappa shape index (κ3) is 3.75. The predicted octanol–water partition coefficient (Wildman–Crippen LogP) is 3.60. The van der Waals surface area contributed by atoms with Gasteiger partial charge in [0.05, 0.1) is 19.9 Å². The Bertz CT molecular complexity index is 994. The van der Waals surface area contributed by atoms with Crippen LogP contribution in [0.15, 0.2) is 47.6 Å². The maximum absolute atomic E-state index is 9.79. The highest BCUT2D eigenvalue weighted by Crippen LogP contribution is 2.26. The molecule has 0 saturated carbocycles. The SMILES string of the molecule is CCOc1cc(/C=N\n2c(-c3cccc(OC)c3)n[nH]c2=S)ccc1O. The number of methoxy groups -OCH3 is 1. The van der Waals surface area contributed by atoms with Crippen molar-refractivity contribution in [1.29, 1.82) is 0 Å². The number of aromatic amines is 1. The van der Waals surface area contributed by atoms with E-state index in [2.05, 4.69) is 15.3 Å². The summed E-state index contributed by atoms with van der Waals surface area (Å²) >= 11 is 5.27. The van der Waals surface area contributed by atoms with E-state index in [9.17, 15) is 5.11 Å². The molecule has 0 saturated heterocycles. The molecular weight excluding hydrogens is 352 g/mol. The monoisotopic (exact) mass is 370 g/mol. The number of hydrogen-bond acceptors (Lipinski definition) is 6. The molecule has 7 nitrogen and oxygen atoms in total. The summed E-state index contributed by atoms with van der Waals surface area (Å²) in [6.07, 6.45) is 1.62. The maximum Gasteiger partial charge on any atom is 0.216 e. The summed E-state index contributed by atoms with van der Waals surface area (Å²) in [7, 11) is 1.61. The quantitative estimate of drug-likeness (QED) is 0.511. The summed E-state index contributed by atoms with van der Waals surface area (Å²) in [5.41, 5.74) is 1.57. The molecule has 134 valence electrons. The van der Waals surface area contributed by atoms with Crippen LogP contribution in [0, 0.1) is 4.77 Å². The first-order chi connectivity index (χ1) is 12.6. The van der Waals surface area contributed by atoms with Crippen molar-refractivity contribution in [1.82, 2.24) is 14.9 Å². The van der Waals surface area contributed by atoms with Crippen LogP contribution in [0.1, 0.15) is 12.5 Å². The Kier molecular flexibility index (Phi) is 5.33. The number of rotatable bonds is 6. The summed E-state index contributed by atoms with van der Waals surface area (Å²) < 4.78 is 12.5. The van der Waals surface area contributed by atoms with Gasteiger partial charge in [-0.3, -0.25) is 0 Å². The van der Waals surface area contributed by atoms with E-state index in [4.69, 9.17) is 21.7 Å². The summed E-state index contributed by atoms with van der Waals surface area (Å²) in [6.45, 7) is 2.31. The third-order valence-corrected chi connectivity index (χ3v) is 3.85. The van der Waals surface area contributed by atoms with Gasteiger partial charge >= 0.3 is 0 Å². The molecule has 0 fully saturated rings. The van der Waals surface area contributed by atoms with Crippen LogP contribution in [0.5, 0.6) is 17.2 Å². The van der Waals surface area contributed by atoms with Gasteiger partial charge in [0, 0.05) is 5.56 Å². The van der Waals surface area contributed by atoms with Crippen LogP contribution in [0.4, 0.5) is 0 Å². The predicted molar refractivity (Wildman–Crippen MR) is 102 cm³/mol. The smallest absolute Gasteiger partial charge is 0.216 e. The summed E-state index contributed by atoms with van der Waals surface area (Å²) in [4.78, 5) is 0. The number of nitrogens with zero attached hydrogens (tertiary/aromatic N) is 3. The zero-order valence-corrected chi connectivity index (χ0v) is 15.2. The molecule has 3 aromatic rings. The molecule has 0 aliphatic rings. The number of ether oxygens (including phenoxy) is 2. The van der Waals surface area contributed by atoms with Crippen molar-refractivity contribution in [2.45, 2.75) is 6.92 Å². The topological polar surface area (TPSA) is 84.7 Å².